The molecule has 2 aliphatic carbocycles. The first-order valence-electron chi connectivity index (χ1n) is 9.43. The van der Waals surface area contributed by atoms with Crippen LogP contribution < -0.4 is 5.32 Å². The van der Waals surface area contributed by atoms with E-state index in [2.05, 4.69) is 35.6 Å². The van der Waals surface area contributed by atoms with E-state index in [0.29, 0.717) is 21.5 Å². The molecule has 2 aromatic carbocycles. The Labute approximate surface area is 165 Å². The number of hydrogen-bond acceptors (Lipinski definition) is 2. The Balaban J connectivity index is 1.33. The van der Waals surface area contributed by atoms with E-state index < -0.39 is 0 Å². The van der Waals surface area contributed by atoms with E-state index in [-0.39, 0.29) is 6.10 Å². The Morgan fingerprint density at radius 2 is 1.73 bits per heavy atom. The molecule has 2 nitrogen and oxygen atoms in total. The van der Waals surface area contributed by atoms with Crippen LogP contribution in [0.2, 0.25) is 5.02 Å². The lowest BCUT2D eigenvalue weighted by atomic mass is 9.56. The van der Waals surface area contributed by atoms with Crippen molar-refractivity contribution in [3.63, 3.8) is 0 Å². The van der Waals surface area contributed by atoms with E-state index in [1.54, 1.807) is 0 Å². The molecule has 4 rings (SSSR count). The van der Waals surface area contributed by atoms with Gasteiger partial charge < -0.3 is 10.1 Å². The van der Waals surface area contributed by atoms with Crippen molar-refractivity contribution < 1.29 is 4.74 Å². The van der Waals surface area contributed by atoms with Gasteiger partial charge in [-0.15, -0.1) is 0 Å². The van der Waals surface area contributed by atoms with Crippen LogP contribution >= 0.6 is 23.8 Å². The summed E-state index contributed by atoms with van der Waals surface area (Å²) in [6, 6.07) is 18.5. The van der Waals surface area contributed by atoms with E-state index in [1.165, 1.54) is 37.7 Å². The molecule has 0 aromatic heterocycles. The molecule has 0 saturated heterocycles. The van der Waals surface area contributed by atoms with Crippen molar-refractivity contribution in [1.29, 1.82) is 0 Å². The lowest BCUT2D eigenvalue weighted by Gasteiger charge is -2.52. The first kappa shape index (κ1) is 17.8. The van der Waals surface area contributed by atoms with Gasteiger partial charge in [-0.2, -0.15) is 0 Å². The zero-order valence-corrected chi connectivity index (χ0v) is 16.4. The normalized spacial score (nSPS) is 27.6. The van der Waals surface area contributed by atoms with Gasteiger partial charge in [0.1, 0.15) is 6.10 Å². The summed E-state index contributed by atoms with van der Waals surface area (Å²) in [4.78, 5) is 0. The van der Waals surface area contributed by atoms with Gasteiger partial charge in [0, 0.05) is 16.1 Å². The fraction of sp³-hybridized carbons (Fsp3) is 0.409. The number of rotatable bonds is 3. The number of nitrogens with one attached hydrogen (secondary N) is 1. The number of hydrogen-bond donors (Lipinski definition) is 1. The molecule has 0 heterocycles. The largest absolute Gasteiger partial charge is 0.467 e. The second kappa shape index (κ2) is 7.58. The van der Waals surface area contributed by atoms with Crippen molar-refractivity contribution in [2.24, 2.45) is 5.41 Å². The molecule has 1 atom stereocenters. The quantitative estimate of drug-likeness (QED) is 0.604. The highest BCUT2D eigenvalue weighted by atomic mass is 35.5. The fourth-order valence-corrected chi connectivity index (χ4v) is 4.94. The van der Waals surface area contributed by atoms with E-state index in [0.717, 1.165) is 12.1 Å². The zero-order chi connectivity index (χ0) is 18.0. The molecular formula is C22H24ClNOS. The summed E-state index contributed by atoms with van der Waals surface area (Å²) in [5.41, 5.74) is 2.69. The molecule has 0 unspecified atom stereocenters. The van der Waals surface area contributed by atoms with Crippen molar-refractivity contribution in [2.75, 3.05) is 5.32 Å². The summed E-state index contributed by atoms with van der Waals surface area (Å²) in [7, 11) is 0. The SMILES string of the molecule is S=C(Nc1cccc(Cl)c1)O[C@H]1CCC12CCC(c1ccccc1)CC2. The molecule has 136 valence electrons. The van der Waals surface area contributed by atoms with Crippen LogP contribution in [0.25, 0.3) is 0 Å². The third-order valence-electron chi connectivity index (χ3n) is 6.16. The van der Waals surface area contributed by atoms with Crippen LogP contribution in [-0.2, 0) is 4.74 Å². The number of anilines is 1. The van der Waals surface area contributed by atoms with Crippen molar-refractivity contribution in [3.8, 4) is 0 Å². The van der Waals surface area contributed by atoms with Gasteiger partial charge in [0.05, 0.1) is 0 Å². The number of halogens is 1. The van der Waals surface area contributed by atoms with E-state index in [4.69, 9.17) is 28.6 Å². The zero-order valence-electron chi connectivity index (χ0n) is 14.8. The smallest absolute Gasteiger partial charge is 0.261 e. The summed E-state index contributed by atoms with van der Waals surface area (Å²) in [5, 5.41) is 4.31. The molecule has 2 fully saturated rings. The standard InChI is InChI=1S/C22H24ClNOS/c23-18-7-4-8-19(15-18)24-21(26)25-20-11-14-22(20)12-9-17(10-13-22)16-5-2-1-3-6-16/h1-8,15,17,20H,9-14H2,(H,24,26)/t17?,20-,22?/m0/s1. The maximum Gasteiger partial charge on any atom is 0.261 e. The van der Waals surface area contributed by atoms with E-state index >= 15 is 0 Å². The molecule has 2 aromatic rings. The van der Waals surface area contributed by atoms with Crippen LogP contribution in [0, 0.1) is 5.41 Å². The number of benzene rings is 2. The van der Waals surface area contributed by atoms with Gasteiger partial charge >= 0.3 is 0 Å². The minimum absolute atomic E-state index is 0.249. The highest BCUT2D eigenvalue weighted by Gasteiger charge is 2.50. The average Bonchev–Trinajstić information content (AvgIpc) is 2.66. The van der Waals surface area contributed by atoms with E-state index in [9.17, 15) is 0 Å². The second-order valence-corrected chi connectivity index (χ2v) is 8.42. The van der Waals surface area contributed by atoms with Crippen molar-refractivity contribution in [1.82, 2.24) is 0 Å². The molecule has 4 heteroatoms. The summed E-state index contributed by atoms with van der Waals surface area (Å²) >= 11 is 11.5. The van der Waals surface area contributed by atoms with E-state index in [1.807, 2.05) is 24.3 Å². The average molecular weight is 386 g/mol. The Bertz CT molecular complexity index is 771. The molecule has 2 saturated carbocycles. The molecule has 0 aliphatic heterocycles. The summed E-state index contributed by atoms with van der Waals surface area (Å²) in [5.74, 6) is 0.694. The van der Waals surface area contributed by atoms with Gasteiger partial charge in [-0.3, -0.25) is 0 Å². The van der Waals surface area contributed by atoms with Gasteiger partial charge in [-0.25, -0.2) is 0 Å². The van der Waals surface area contributed by atoms with Gasteiger partial charge in [0.2, 0.25) is 0 Å². The minimum atomic E-state index is 0.249. The molecule has 1 spiro atoms. The maximum atomic E-state index is 6.14. The molecule has 2 aliphatic rings. The topological polar surface area (TPSA) is 21.3 Å². The monoisotopic (exact) mass is 385 g/mol. The van der Waals surface area contributed by atoms with Gasteiger partial charge in [0.25, 0.3) is 5.17 Å². The Morgan fingerprint density at radius 3 is 2.38 bits per heavy atom. The van der Waals surface area contributed by atoms with Gasteiger partial charge in [-0.1, -0.05) is 48.0 Å². The third-order valence-corrected chi connectivity index (χ3v) is 6.59. The molecule has 0 amide bonds. The minimum Gasteiger partial charge on any atom is -0.467 e. The lowest BCUT2D eigenvalue weighted by Crippen LogP contribution is -2.49. The van der Waals surface area contributed by atoms with Crippen LogP contribution in [0.1, 0.15) is 50.0 Å². The van der Waals surface area contributed by atoms with Crippen molar-refractivity contribution >= 4 is 34.7 Å². The lowest BCUT2D eigenvalue weighted by molar-refractivity contribution is -0.0789. The van der Waals surface area contributed by atoms with Gasteiger partial charge in [-0.05, 0) is 80.4 Å². The third kappa shape index (κ3) is 3.74. The predicted octanol–water partition coefficient (Wildman–Crippen LogP) is 6.56. The second-order valence-electron chi connectivity index (χ2n) is 7.62. The van der Waals surface area contributed by atoms with Gasteiger partial charge in [0.15, 0.2) is 0 Å². The Kier molecular flexibility index (Phi) is 5.19. The fourth-order valence-electron chi connectivity index (χ4n) is 4.52. The molecule has 0 bridgehead atoms. The number of ether oxygens (including phenoxy) is 1. The molecule has 0 radical (unpaired) electrons. The highest BCUT2D eigenvalue weighted by Crippen LogP contribution is 2.55. The van der Waals surface area contributed by atoms with Crippen LogP contribution in [-0.4, -0.2) is 11.3 Å². The van der Waals surface area contributed by atoms with Crippen LogP contribution in [0.4, 0.5) is 5.69 Å². The van der Waals surface area contributed by atoms with Crippen molar-refractivity contribution in [2.45, 2.75) is 50.5 Å². The molecular weight excluding hydrogens is 362 g/mol. The van der Waals surface area contributed by atoms with Crippen molar-refractivity contribution in [3.05, 3.63) is 65.2 Å². The van der Waals surface area contributed by atoms with Crippen LogP contribution in [0.5, 0.6) is 0 Å². The Hall–Kier alpha value is -1.58. The maximum absolute atomic E-state index is 6.14. The highest BCUT2D eigenvalue weighted by molar-refractivity contribution is 7.80. The first-order chi connectivity index (χ1) is 12.6. The first-order valence-corrected chi connectivity index (χ1v) is 10.2. The van der Waals surface area contributed by atoms with Crippen LogP contribution in [0.15, 0.2) is 54.6 Å². The Morgan fingerprint density at radius 1 is 1.00 bits per heavy atom. The summed E-state index contributed by atoms with van der Waals surface area (Å²) in [6.07, 6.45) is 7.58. The molecule has 26 heavy (non-hydrogen) atoms. The molecule has 1 N–H and O–H groups in total. The summed E-state index contributed by atoms with van der Waals surface area (Å²) in [6.45, 7) is 0. The summed E-state index contributed by atoms with van der Waals surface area (Å²) < 4.78 is 6.14. The van der Waals surface area contributed by atoms with Crippen LogP contribution in [0.3, 0.4) is 0 Å². The predicted molar refractivity (Wildman–Crippen MR) is 112 cm³/mol. The number of thiocarbonyl (C=S) groups is 1.